The first kappa shape index (κ1) is 21.5. The Hall–Kier alpha value is -2.74. The monoisotopic (exact) mass is 482 g/mol. The van der Waals surface area contributed by atoms with Gasteiger partial charge in [0.2, 0.25) is 5.91 Å². The SMILES string of the molecule is Cc1nn(-c2cc(N3CCCCC3)ncn2)c(C)c1CCC(=O)Nc1cccc(Br)c1. The van der Waals surface area contributed by atoms with Crippen LogP contribution in [-0.4, -0.2) is 38.7 Å². The van der Waals surface area contributed by atoms with Gasteiger partial charge in [-0.05, 0) is 63.3 Å². The van der Waals surface area contributed by atoms with Crippen LogP contribution in [0, 0.1) is 13.8 Å². The lowest BCUT2D eigenvalue weighted by molar-refractivity contribution is -0.116. The Balaban J connectivity index is 1.47. The lowest BCUT2D eigenvalue weighted by Crippen LogP contribution is -2.30. The highest BCUT2D eigenvalue weighted by Crippen LogP contribution is 2.23. The number of carbonyl (C=O) groups is 1. The lowest BCUT2D eigenvalue weighted by Gasteiger charge is -2.27. The molecule has 0 saturated carbocycles. The van der Waals surface area contributed by atoms with Crippen molar-refractivity contribution >= 4 is 33.3 Å². The minimum absolute atomic E-state index is 0.0147. The highest BCUT2D eigenvalue weighted by atomic mass is 79.9. The molecule has 0 aliphatic carbocycles. The molecule has 0 bridgehead atoms. The van der Waals surface area contributed by atoms with Gasteiger partial charge >= 0.3 is 0 Å². The Morgan fingerprint density at radius 2 is 1.87 bits per heavy atom. The number of rotatable bonds is 6. The molecule has 0 unspecified atom stereocenters. The van der Waals surface area contributed by atoms with Gasteiger partial charge in [-0.15, -0.1) is 0 Å². The zero-order valence-electron chi connectivity index (χ0n) is 17.9. The van der Waals surface area contributed by atoms with Crippen molar-refractivity contribution in [3.8, 4) is 5.82 Å². The van der Waals surface area contributed by atoms with Crippen LogP contribution in [-0.2, 0) is 11.2 Å². The van der Waals surface area contributed by atoms with Crippen LogP contribution in [0.3, 0.4) is 0 Å². The van der Waals surface area contributed by atoms with E-state index in [1.807, 2.05) is 48.9 Å². The third kappa shape index (κ3) is 5.12. The minimum Gasteiger partial charge on any atom is -0.356 e. The Morgan fingerprint density at radius 3 is 2.65 bits per heavy atom. The molecule has 1 fully saturated rings. The molecule has 4 rings (SSSR count). The number of aryl methyl sites for hydroxylation is 1. The van der Waals surface area contributed by atoms with Gasteiger partial charge in [-0.25, -0.2) is 14.6 Å². The summed E-state index contributed by atoms with van der Waals surface area (Å²) in [5.41, 5.74) is 3.80. The van der Waals surface area contributed by atoms with Crippen LogP contribution in [0.1, 0.15) is 42.6 Å². The molecule has 1 aliphatic heterocycles. The van der Waals surface area contributed by atoms with Crippen molar-refractivity contribution in [2.24, 2.45) is 0 Å². The number of nitrogens with zero attached hydrogens (tertiary/aromatic N) is 5. The van der Waals surface area contributed by atoms with Gasteiger partial charge in [0.1, 0.15) is 12.1 Å². The van der Waals surface area contributed by atoms with Crippen molar-refractivity contribution in [1.82, 2.24) is 19.7 Å². The summed E-state index contributed by atoms with van der Waals surface area (Å²) in [7, 11) is 0. The fraction of sp³-hybridized carbons (Fsp3) is 0.391. The third-order valence-electron chi connectivity index (χ3n) is 5.69. The number of nitrogens with one attached hydrogen (secondary N) is 1. The Labute approximate surface area is 191 Å². The summed E-state index contributed by atoms with van der Waals surface area (Å²) in [6.07, 6.45) is 6.31. The van der Waals surface area contributed by atoms with E-state index >= 15 is 0 Å². The zero-order valence-corrected chi connectivity index (χ0v) is 19.5. The molecule has 31 heavy (non-hydrogen) atoms. The molecule has 162 valence electrons. The quantitative estimate of drug-likeness (QED) is 0.555. The summed E-state index contributed by atoms with van der Waals surface area (Å²) in [5.74, 6) is 1.70. The number of carbonyl (C=O) groups excluding carboxylic acids is 1. The summed E-state index contributed by atoms with van der Waals surface area (Å²) in [6.45, 7) is 6.08. The number of piperidine rings is 1. The van der Waals surface area contributed by atoms with Crippen molar-refractivity contribution in [3.05, 3.63) is 58.1 Å². The van der Waals surface area contributed by atoms with Crippen LogP contribution >= 0.6 is 15.9 Å². The lowest BCUT2D eigenvalue weighted by atomic mass is 10.1. The molecule has 0 radical (unpaired) electrons. The first-order valence-electron chi connectivity index (χ1n) is 10.7. The smallest absolute Gasteiger partial charge is 0.224 e. The van der Waals surface area contributed by atoms with E-state index in [9.17, 15) is 4.79 Å². The first-order chi connectivity index (χ1) is 15.0. The number of hydrogen-bond acceptors (Lipinski definition) is 5. The van der Waals surface area contributed by atoms with E-state index in [1.165, 1.54) is 19.3 Å². The van der Waals surface area contributed by atoms with E-state index in [0.717, 1.165) is 51.8 Å². The van der Waals surface area contributed by atoms with E-state index in [2.05, 4.69) is 36.1 Å². The van der Waals surface area contributed by atoms with Crippen LogP contribution in [0.5, 0.6) is 0 Å². The van der Waals surface area contributed by atoms with E-state index in [1.54, 1.807) is 6.33 Å². The summed E-state index contributed by atoms with van der Waals surface area (Å²) in [4.78, 5) is 23.7. The van der Waals surface area contributed by atoms with Crippen LogP contribution in [0.25, 0.3) is 5.82 Å². The average Bonchev–Trinajstić information content (AvgIpc) is 3.06. The number of benzene rings is 1. The molecule has 1 aromatic carbocycles. The molecule has 0 atom stereocenters. The molecule has 8 heteroatoms. The first-order valence-corrected chi connectivity index (χ1v) is 11.5. The molecule has 1 saturated heterocycles. The molecule has 0 spiro atoms. The molecule has 1 amide bonds. The number of amides is 1. The zero-order chi connectivity index (χ0) is 21.8. The molecule has 1 N–H and O–H groups in total. The van der Waals surface area contributed by atoms with Crippen LogP contribution in [0.2, 0.25) is 0 Å². The summed E-state index contributed by atoms with van der Waals surface area (Å²) in [5, 5.41) is 7.66. The van der Waals surface area contributed by atoms with Crippen molar-refractivity contribution in [2.75, 3.05) is 23.3 Å². The van der Waals surface area contributed by atoms with Gasteiger partial charge in [0.25, 0.3) is 0 Å². The van der Waals surface area contributed by atoms with Gasteiger partial charge in [0.05, 0.1) is 5.69 Å². The summed E-state index contributed by atoms with van der Waals surface area (Å²) >= 11 is 3.43. The van der Waals surface area contributed by atoms with Gasteiger partial charge in [-0.2, -0.15) is 5.10 Å². The Bertz CT molecular complexity index is 1070. The fourth-order valence-electron chi connectivity index (χ4n) is 4.04. The maximum absolute atomic E-state index is 12.4. The highest BCUT2D eigenvalue weighted by Gasteiger charge is 2.17. The molecule has 3 aromatic rings. The fourth-order valence-corrected chi connectivity index (χ4v) is 4.44. The maximum atomic E-state index is 12.4. The van der Waals surface area contributed by atoms with Crippen LogP contribution in [0.15, 0.2) is 41.1 Å². The maximum Gasteiger partial charge on any atom is 0.224 e. The van der Waals surface area contributed by atoms with Gasteiger partial charge in [0.15, 0.2) is 5.82 Å². The minimum atomic E-state index is -0.0147. The standard InChI is InChI=1S/C23H27BrN6O/c1-16-20(9-10-23(31)27-19-8-6-7-18(24)13-19)17(2)30(28-16)22-14-21(25-15-26-22)29-11-4-3-5-12-29/h6-8,13-15H,3-5,9-12H2,1-2H3,(H,27,31). The summed E-state index contributed by atoms with van der Waals surface area (Å²) in [6, 6.07) is 9.61. The Morgan fingerprint density at radius 1 is 1.10 bits per heavy atom. The number of aromatic nitrogens is 4. The van der Waals surface area contributed by atoms with Crippen LogP contribution in [0.4, 0.5) is 11.5 Å². The van der Waals surface area contributed by atoms with Crippen LogP contribution < -0.4 is 10.2 Å². The highest BCUT2D eigenvalue weighted by molar-refractivity contribution is 9.10. The van der Waals surface area contributed by atoms with Crippen molar-refractivity contribution in [2.45, 2.75) is 46.0 Å². The second kappa shape index (κ2) is 9.60. The van der Waals surface area contributed by atoms with Gasteiger partial charge in [-0.1, -0.05) is 22.0 Å². The largest absolute Gasteiger partial charge is 0.356 e. The predicted octanol–water partition coefficient (Wildman–Crippen LogP) is 4.60. The van der Waals surface area contributed by atoms with E-state index in [0.29, 0.717) is 12.8 Å². The second-order valence-corrected chi connectivity index (χ2v) is 8.82. The van der Waals surface area contributed by atoms with Gasteiger partial charge in [-0.3, -0.25) is 4.79 Å². The van der Waals surface area contributed by atoms with Crippen molar-refractivity contribution in [1.29, 1.82) is 0 Å². The van der Waals surface area contributed by atoms with E-state index < -0.39 is 0 Å². The summed E-state index contributed by atoms with van der Waals surface area (Å²) < 4.78 is 2.80. The van der Waals surface area contributed by atoms with E-state index in [4.69, 9.17) is 5.10 Å². The molecule has 7 nitrogen and oxygen atoms in total. The number of anilines is 2. The van der Waals surface area contributed by atoms with Gasteiger partial charge < -0.3 is 10.2 Å². The third-order valence-corrected chi connectivity index (χ3v) is 6.18. The average molecular weight is 483 g/mol. The Kier molecular flexibility index (Phi) is 6.65. The molecular weight excluding hydrogens is 456 g/mol. The van der Waals surface area contributed by atoms with Crippen molar-refractivity contribution < 1.29 is 4.79 Å². The second-order valence-electron chi connectivity index (χ2n) is 7.90. The topological polar surface area (TPSA) is 75.9 Å². The normalized spacial score (nSPS) is 14.0. The van der Waals surface area contributed by atoms with Crippen molar-refractivity contribution in [3.63, 3.8) is 0 Å². The number of hydrogen-bond donors (Lipinski definition) is 1. The molecule has 3 heterocycles. The van der Waals surface area contributed by atoms with Gasteiger partial charge in [0, 0.05) is 41.4 Å². The molecular formula is C23H27BrN6O. The predicted molar refractivity (Wildman–Crippen MR) is 126 cm³/mol. The molecule has 1 aliphatic rings. The molecule has 2 aromatic heterocycles. The number of halogens is 1. The van der Waals surface area contributed by atoms with E-state index in [-0.39, 0.29) is 5.91 Å².